The van der Waals surface area contributed by atoms with Gasteiger partial charge in [-0.3, -0.25) is 4.79 Å². The quantitative estimate of drug-likeness (QED) is 0.776. The molecule has 2 rings (SSSR count). The van der Waals surface area contributed by atoms with Gasteiger partial charge < -0.3 is 14.8 Å². The average molecular weight is 227 g/mol. The highest BCUT2D eigenvalue weighted by Gasteiger charge is 2.17. The molecule has 0 radical (unpaired) electrons. The van der Waals surface area contributed by atoms with Gasteiger partial charge in [0, 0.05) is 12.1 Å². The number of hydrogen-bond donors (Lipinski definition) is 2. The van der Waals surface area contributed by atoms with Crippen LogP contribution in [0.3, 0.4) is 0 Å². The maximum absolute atomic E-state index is 13.5. The van der Waals surface area contributed by atoms with Crippen LogP contribution in [0.2, 0.25) is 0 Å². The molecule has 1 aromatic heterocycles. The molecule has 0 atom stereocenters. The smallest absolute Gasteiger partial charge is 0.252 e. The monoisotopic (exact) mass is 227 g/mol. The van der Waals surface area contributed by atoms with Crippen molar-refractivity contribution in [2.75, 3.05) is 7.11 Å². The Morgan fingerprint density at radius 1 is 1.31 bits per heavy atom. The first-order chi connectivity index (χ1) is 7.54. The Morgan fingerprint density at radius 2 is 2.00 bits per heavy atom. The van der Waals surface area contributed by atoms with Crippen LogP contribution in [-0.2, 0) is 0 Å². The minimum Gasteiger partial charge on any atom is -0.507 e. The summed E-state index contributed by atoms with van der Waals surface area (Å²) in [6.45, 7) is 0. The van der Waals surface area contributed by atoms with Crippen molar-refractivity contribution in [1.82, 2.24) is 4.98 Å². The van der Waals surface area contributed by atoms with Crippen molar-refractivity contribution in [3.8, 4) is 11.5 Å². The number of benzene rings is 1. The van der Waals surface area contributed by atoms with Crippen LogP contribution in [-0.4, -0.2) is 17.2 Å². The highest BCUT2D eigenvalue weighted by atomic mass is 19.2. The maximum atomic E-state index is 13.5. The standard InChI is InChI=1S/C10H7F2NO3/c1-16-6-2-4-8(10(12)9(6)11)5(14)3-7(15)13-4/h2-3H,1H3,(H2,13,14,15). The molecule has 0 spiro atoms. The van der Waals surface area contributed by atoms with E-state index in [1.807, 2.05) is 0 Å². The fourth-order valence-corrected chi connectivity index (χ4v) is 1.47. The van der Waals surface area contributed by atoms with E-state index in [0.29, 0.717) is 0 Å². The third kappa shape index (κ3) is 1.39. The van der Waals surface area contributed by atoms with Crippen molar-refractivity contribution in [2.45, 2.75) is 0 Å². The summed E-state index contributed by atoms with van der Waals surface area (Å²) in [5.41, 5.74) is -0.640. The van der Waals surface area contributed by atoms with Crippen LogP contribution in [0.5, 0.6) is 11.5 Å². The summed E-state index contributed by atoms with van der Waals surface area (Å²) in [4.78, 5) is 13.3. The van der Waals surface area contributed by atoms with E-state index in [2.05, 4.69) is 9.72 Å². The van der Waals surface area contributed by atoms with Gasteiger partial charge in [0.05, 0.1) is 18.0 Å². The summed E-state index contributed by atoms with van der Waals surface area (Å²) in [5.74, 6) is -3.43. The van der Waals surface area contributed by atoms with E-state index >= 15 is 0 Å². The molecule has 2 aromatic rings. The molecule has 0 aliphatic carbocycles. The summed E-state index contributed by atoms with van der Waals surface area (Å²) >= 11 is 0. The Bertz CT molecular complexity index is 621. The number of aromatic amines is 1. The van der Waals surface area contributed by atoms with Crippen LogP contribution in [0.15, 0.2) is 16.9 Å². The van der Waals surface area contributed by atoms with E-state index in [9.17, 15) is 18.7 Å². The highest BCUT2D eigenvalue weighted by Crippen LogP contribution is 2.31. The molecule has 0 saturated heterocycles. The molecule has 84 valence electrons. The highest BCUT2D eigenvalue weighted by molar-refractivity contribution is 5.86. The largest absolute Gasteiger partial charge is 0.507 e. The van der Waals surface area contributed by atoms with Crippen molar-refractivity contribution in [3.05, 3.63) is 34.1 Å². The van der Waals surface area contributed by atoms with E-state index < -0.39 is 22.9 Å². The molecule has 0 aliphatic rings. The van der Waals surface area contributed by atoms with E-state index in [-0.39, 0.29) is 16.7 Å². The molecule has 1 aromatic carbocycles. The van der Waals surface area contributed by atoms with Crippen LogP contribution in [0.4, 0.5) is 8.78 Å². The Labute approximate surface area is 88.1 Å². The lowest BCUT2D eigenvalue weighted by Crippen LogP contribution is -2.05. The Hall–Kier alpha value is -2.11. The molecule has 0 unspecified atom stereocenters. The number of aromatic hydroxyl groups is 1. The van der Waals surface area contributed by atoms with E-state index in [4.69, 9.17) is 0 Å². The number of H-pyrrole nitrogens is 1. The second kappa shape index (κ2) is 3.48. The van der Waals surface area contributed by atoms with Gasteiger partial charge in [-0.05, 0) is 0 Å². The van der Waals surface area contributed by atoms with Gasteiger partial charge in [0.25, 0.3) is 5.56 Å². The number of rotatable bonds is 1. The number of fused-ring (bicyclic) bond motifs is 1. The summed E-state index contributed by atoms with van der Waals surface area (Å²) < 4.78 is 31.4. The van der Waals surface area contributed by atoms with E-state index in [1.165, 1.54) is 7.11 Å². The predicted molar refractivity (Wildman–Crippen MR) is 52.7 cm³/mol. The van der Waals surface area contributed by atoms with Gasteiger partial charge in [-0.15, -0.1) is 0 Å². The van der Waals surface area contributed by atoms with Crippen molar-refractivity contribution in [2.24, 2.45) is 0 Å². The van der Waals surface area contributed by atoms with Crippen LogP contribution >= 0.6 is 0 Å². The van der Waals surface area contributed by atoms with Crippen molar-refractivity contribution in [1.29, 1.82) is 0 Å². The molecule has 0 bridgehead atoms. The summed E-state index contributed by atoms with van der Waals surface area (Å²) in [6.07, 6.45) is 0. The van der Waals surface area contributed by atoms with Crippen LogP contribution in [0.1, 0.15) is 0 Å². The predicted octanol–water partition coefficient (Wildman–Crippen LogP) is 1.52. The normalized spacial score (nSPS) is 10.7. The van der Waals surface area contributed by atoms with E-state index in [0.717, 1.165) is 12.1 Å². The summed E-state index contributed by atoms with van der Waals surface area (Å²) in [6, 6.07) is 1.88. The molecule has 1 heterocycles. The molecule has 0 saturated carbocycles. The molecular formula is C10H7F2NO3. The van der Waals surface area contributed by atoms with Crippen molar-refractivity contribution < 1.29 is 18.6 Å². The average Bonchev–Trinajstić information content (AvgIpc) is 2.22. The second-order valence-corrected chi connectivity index (χ2v) is 3.15. The SMILES string of the molecule is COc1cc2[nH]c(=O)cc(O)c2c(F)c1F. The van der Waals surface area contributed by atoms with Gasteiger partial charge in [0.1, 0.15) is 5.75 Å². The maximum Gasteiger partial charge on any atom is 0.252 e. The van der Waals surface area contributed by atoms with E-state index in [1.54, 1.807) is 0 Å². The van der Waals surface area contributed by atoms with Gasteiger partial charge in [0.2, 0.25) is 5.82 Å². The molecule has 0 aliphatic heterocycles. The zero-order valence-corrected chi connectivity index (χ0v) is 8.17. The molecule has 16 heavy (non-hydrogen) atoms. The first kappa shape index (κ1) is 10.4. The lowest BCUT2D eigenvalue weighted by molar-refractivity contribution is 0.373. The minimum absolute atomic E-state index is 0.0271. The number of methoxy groups -OCH3 is 1. The summed E-state index contributed by atoms with van der Waals surface area (Å²) in [5, 5.41) is 8.98. The first-order valence-corrected chi connectivity index (χ1v) is 4.32. The van der Waals surface area contributed by atoms with Crippen LogP contribution in [0, 0.1) is 11.6 Å². The third-order valence-electron chi connectivity index (χ3n) is 2.18. The fraction of sp³-hybridized carbons (Fsp3) is 0.100. The Morgan fingerprint density at radius 3 is 2.62 bits per heavy atom. The fourth-order valence-electron chi connectivity index (χ4n) is 1.47. The number of pyridine rings is 1. The molecule has 0 fully saturated rings. The number of nitrogens with one attached hydrogen (secondary N) is 1. The first-order valence-electron chi connectivity index (χ1n) is 4.32. The van der Waals surface area contributed by atoms with Crippen molar-refractivity contribution >= 4 is 10.9 Å². The Kier molecular flexibility index (Phi) is 2.26. The van der Waals surface area contributed by atoms with Gasteiger partial charge >= 0.3 is 0 Å². The molecule has 6 heteroatoms. The van der Waals surface area contributed by atoms with Crippen LogP contribution in [0.25, 0.3) is 10.9 Å². The molecule has 0 amide bonds. The third-order valence-corrected chi connectivity index (χ3v) is 2.18. The summed E-state index contributed by atoms with van der Waals surface area (Å²) in [7, 11) is 1.17. The number of aromatic nitrogens is 1. The minimum atomic E-state index is -1.26. The molecule has 4 nitrogen and oxygen atoms in total. The lowest BCUT2D eigenvalue weighted by atomic mass is 10.1. The van der Waals surface area contributed by atoms with Gasteiger partial charge in [-0.1, -0.05) is 0 Å². The zero-order chi connectivity index (χ0) is 11.9. The van der Waals surface area contributed by atoms with Crippen molar-refractivity contribution in [3.63, 3.8) is 0 Å². The number of ether oxygens (including phenoxy) is 1. The Balaban J connectivity index is 2.98. The topological polar surface area (TPSA) is 62.3 Å². The van der Waals surface area contributed by atoms with Gasteiger partial charge in [-0.25, -0.2) is 4.39 Å². The van der Waals surface area contributed by atoms with Gasteiger partial charge in [0.15, 0.2) is 11.6 Å². The second-order valence-electron chi connectivity index (χ2n) is 3.15. The number of hydrogen-bond acceptors (Lipinski definition) is 3. The molecular weight excluding hydrogens is 220 g/mol. The lowest BCUT2D eigenvalue weighted by Gasteiger charge is -2.07. The van der Waals surface area contributed by atoms with Crippen LogP contribution < -0.4 is 10.3 Å². The number of halogens is 2. The molecule has 2 N–H and O–H groups in total. The zero-order valence-electron chi connectivity index (χ0n) is 8.17. The van der Waals surface area contributed by atoms with Gasteiger partial charge in [-0.2, -0.15) is 4.39 Å².